The number of aromatic amines is 1. The number of nitrogens with one attached hydrogen (secondary N) is 1. The molecule has 118 valence electrons. The van der Waals surface area contributed by atoms with Gasteiger partial charge < -0.3 is 14.1 Å². The van der Waals surface area contributed by atoms with E-state index in [4.69, 9.17) is 4.74 Å². The van der Waals surface area contributed by atoms with Gasteiger partial charge in [-0.15, -0.1) is 0 Å². The summed E-state index contributed by atoms with van der Waals surface area (Å²) in [6.07, 6.45) is 3.67. The molecule has 0 aliphatic carbocycles. The van der Waals surface area contributed by atoms with Crippen molar-refractivity contribution in [1.82, 2.24) is 14.4 Å². The average molecular weight is 319 g/mol. The first kappa shape index (κ1) is 14.2. The molecule has 0 bridgehead atoms. The molecule has 3 aromatic heterocycles. The van der Waals surface area contributed by atoms with Gasteiger partial charge >= 0.3 is 5.97 Å². The maximum atomic E-state index is 12.2. The minimum absolute atomic E-state index is 0.0371. The molecule has 4 rings (SSSR count). The third-order valence-electron chi connectivity index (χ3n) is 3.72. The Morgan fingerprint density at radius 2 is 2.00 bits per heavy atom. The minimum Gasteiger partial charge on any atom is -0.454 e. The average Bonchev–Trinajstić information content (AvgIpc) is 3.02. The van der Waals surface area contributed by atoms with E-state index in [9.17, 15) is 9.59 Å². The van der Waals surface area contributed by atoms with Crippen LogP contribution in [0.25, 0.3) is 16.6 Å². The molecule has 0 saturated carbocycles. The highest BCUT2D eigenvalue weighted by atomic mass is 16.5. The zero-order valence-electron chi connectivity index (χ0n) is 12.6. The number of imidazole rings is 1. The molecule has 0 radical (unpaired) electrons. The number of fused-ring (bicyclic) bond motifs is 2. The zero-order valence-corrected chi connectivity index (χ0v) is 12.6. The van der Waals surface area contributed by atoms with Crippen LogP contribution in [0.5, 0.6) is 0 Å². The van der Waals surface area contributed by atoms with Gasteiger partial charge in [-0.2, -0.15) is 0 Å². The minimum atomic E-state index is -0.588. The molecule has 1 N–H and O–H groups in total. The Bertz CT molecular complexity index is 1080. The number of carbonyl (C=O) groups excluding carboxylic acids is 1. The molecule has 0 amide bonds. The van der Waals surface area contributed by atoms with E-state index >= 15 is 0 Å². The fourth-order valence-corrected chi connectivity index (χ4v) is 2.58. The maximum absolute atomic E-state index is 12.2. The lowest BCUT2D eigenvalue weighted by Crippen LogP contribution is -2.12. The lowest BCUT2D eigenvalue weighted by atomic mass is 10.2. The van der Waals surface area contributed by atoms with Crippen molar-refractivity contribution in [3.05, 3.63) is 82.5 Å². The molecule has 0 atom stereocenters. The fraction of sp³-hybridized carbons (Fsp3) is 0.0556. The van der Waals surface area contributed by atoms with Gasteiger partial charge in [0.05, 0.1) is 5.69 Å². The number of para-hydroxylation sites is 1. The van der Waals surface area contributed by atoms with Gasteiger partial charge in [-0.05, 0) is 24.3 Å². The molecule has 0 spiro atoms. The Labute approximate surface area is 136 Å². The molecule has 6 nitrogen and oxygen atoms in total. The summed E-state index contributed by atoms with van der Waals surface area (Å²) < 4.78 is 7.11. The summed E-state index contributed by atoms with van der Waals surface area (Å²) in [5.74, 6) is -0.588. The number of aromatic nitrogens is 3. The zero-order chi connectivity index (χ0) is 16.5. The Balaban J connectivity index is 1.56. The Hall–Kier alpha value is -3.41. The third kappa shape index (κ3) is 2.54. The molecule has 6 heteroatoms. The summed E-state index contributed by atoms with van der Waals surface area (Å²) in [7, 11) is 0. The molecule has 0 unspecified atom stereocenters. The van der Waals surface area contributed by atoms with Crippen LogP contribution in [0.2, 0.25) is 0 Å². The standard InChI is InChI=1S/C18H13N3O3/c22-16-9-15(20-14-6-2-1-5-13(14)16)18(23)24-11-12-10-21-8-4-3-7-17(21)19-12/h1-10H,11H2,(H,20,22). The van der Waals surface area contributed by atoms with Gasteiger partial charge in [0.15, 0.2) is 5.43 Å². The van der Waals surface area contributed by atoms with Crippen molar-refractivity contribution in [2.45, 2.75) is 6.61 Å². The van der Waals surface area contributed by atoms with E-state index in [1.807, 2.05) is 28.8 Å². The maximum Gasteiger partial charge on any atom is 0.355 e. The fourth-order valence-electron chi connectivity index (χ4n) is 2.58. The summed E-state index contributed by atoms with van der Waals surface area (Å²) >= 11 is 0. The van der Waals surface area contributed by atoms with Crippen LogP contribution in [0.1, 0.15) is 16.2 Å². The van der Waals surface area contributed by atoms with E-state index in [1.54, 1.807) is 30.5 Å². The van der Waals surface area contributed by atoms with Crippen LogP contribution in [0.3, 0.4) is 0 Å². The van der Waals surface area contributed by atoms with Gasteiger partial charge in [0, 0.05) is 29.4 Å². The smallest absolute Gasteiger partial charge is 0.355 e. The summed E-state index contributed by atoms with van der Waals surface area (Å²) in [4.78, 5) is 31.5. The molecule has 3 heterocycles. The number of pyridine rings is 2. The van der Waals surface area contributed by atoms with Crippen LogP contribution in [0.15, 0.2) is 65.7 Å². The van der Waals surface area contributed by atoms with E-state index in [0.717, 1.165) is 5.65 Å². The van der Waals surface area contributed by atoms with Crippen LogP contribution in [0.4, 0.5) is 0 Å². The first-order valence-electron chi connectivity index (χ1n) is 7.42. The van der Waals surface area contributed by atoms with Gasteiger partial charge in [0.2, 0.25) is 0 Å². The largest absolute Gasteiger partial charge is 0.454 e. The van der Waals surface area contributed by atoms with E-state index in [0.29, 0.717) is 16.6 Å². The second-order valence-electron chi connectivity index (χ2n) is 5.37. The second-order valence-corrected chi connectivity index (χ2v) is 5.37. The van der Waals surface area contributed by atoms with Gasteiger partial charge in [0.1, 0.15) is 17.9 Å². The number of nitrogens with zero attached hydrogens (tertiary/aromatic N) is 2. The topological polar surface area (TPSA) is 76.5 Å². The van der Waals surface area contributed by atoms with Crippen LogP contribution in [0, 0.1) is 0 Å². The Kier molecular flexibility index (Phi) is 3.35. The highest BCUT2D eigenvalue weighted by Crippen LogP contribution is 2.10. The van der Waals surface area contributed by atoms with Crippen LogP contribution < -0.4 is 5.43 Å². The van der Waals surface area contributed by atoms with E-state index in [1.165, 1.54) is 6.07 Å². The lowest BCUT2D eigenvalue weighted by molar-refractivity contribution is 0.0461. The Morgan fingerprint density at radius 3 is 2.88 bits per heavy atom. The molecule has 0 saturated heterocycles. The summed E-state index contributed by atoms with van der Waals surface area (Å²) in [6.45, 7) is 0.0371. The number of hydrogen-bond donors (Lipinski definition) is 1. The lowest BCUT2D eigenvalue weighted by Gasteiger charge is -2.04. The number of hydrogen-bond acceptors (Lipinski definition) is 4. The number of ether oxygens (including phenoxy) is 1. The van der Waals surface area contributed by atoms with Crippen molar-refractivity contribution in [1.29, 1.82) is 0 Å². The van der Waals surface area contributed by atoms with E-state index in [2.05, 4.69) is 9.97 Å². The van der Waals surface area contributed by atoms with Gasteiger partial charge in [-0.3, -0.25) is 4.79 Å². The highest BCUT2D eigenvalue weighted by molar-refractivity contribution is 5.90. The number of rotatable bonds is 3. The summed E-state index contributed by atoms with van der Waals surface area (Å²) in [5.41, 5.74) is 1.93. The van der Waals surface area contributed by atoms with E-state index < -0.39 is 5.97 Å². The first-order chi connectivity index (χ1) is 11.7. The quantitative estimate of drug-likeness (QED) is 0.589. The number of esters is 1. The van der Waals surface area contributed by atoms with Gasteiger partial charge in [-0.25, -0.2) is 9.78 Å². The van der Waals surface area contributed by atoms with Crippen molar-refractivity contribution in [3.8, 4) is 0 Å². The second kappa shape index (κ2) is 5.66. The van der Waals surface area contributed by atoms with Gasteiger partial charge in [0.25, 0.3) is 0 Å². The Morgan fingerprint density at radius 1 is 1.17 bits per heavy atom. The van der Waals surface area contributed by atoms with Crippen LogP contribution >= 0.6 is 0 Å². The molecule has 4 aromatic rings. The van der Waals surface area contributed by atoms with E-state index in [-0.39, 0.29) is 17.7 Å². The summed E-state index contributed by atoms with van der Waals surface area (Å²) in [6, 6.07) is 13.9. The molecule has 0 fully saturated rings. The van der Waals surface area contributed by atoms with Crippen molar-refractivity contribution in [3.63, 3.8) is 0 Å². The summed E-state index contributed by atoms with van der Waals surface area (Å²) in [5, 5.41) is 0.536. The SMILES string of the molecule is O=C(OCc1cn2ccccc2n1)c1cc(=O)c2ccccc2[nH]1. The number of H-pyrrole nitrogens is 1. The monoisotopic (exact) mass is 319 g/mol. The molecular formula is C18H13N3O3. The third-order valence-corrected chi connectivity index (χ3v) is 3.72. The van der Waals surface area contributed by atoms with Crippen molar-refractivity contribution < 1.29 is 9.53 Å². The molecule has 1 aromatic carbocycles. The highest BCUT2D eigenvalue weighted by Gasteiger charge is 2.12. The number of carbonyl (C=O) groups is 1. The first-order valence-corrected chi connectivity index (χ1v) is 7.42. The molecule has 0 aliphatic rings. The normalized spacial score (nSPS) is 11.0. The van der Waals surface area contributed by atoms with Crippen molar-refractivity contribution in [2.75, 3.05) is 0 Å². The predicted molar refractivity (Wildman–Crippen MR) is 88.9 cm³/mol. The van der Waals surface area contributed by atoms with Crippen molar-refractivity contribution in [2.24, 2.45) is 0 Å². The van der Waals surface area contributed by atoms with Crippen LogP contribution in [-0.4, -0.2) is 20.3 Å². The predicted octanol–water partition coefficient (Wildman–Crippen LogP) is 2.53. The molecular weight excluding hydrogens is 306 g/mol. The number of benzene rings is 1. The molecule has 24 heavy (non-hydrogen) atoms. The van der Waals surface area contributed by atoms with Crippen molar-refractivity contribution >= 4 is 22.5 Å². The van der Waals surface area contributed by atoms with Crippen LogP contribution in [-0.2, 0) is 11.3 Å². The van der Waals surface area contributed by atoms with Gasteiger partial charge in [-0.1, -0.05) is 18.2 Å². The molecule has 0 aliphatic heterocycles.